The number of methoxy groups -OCH3 is 1. The number of fused-ring (bicyclic) bond motifs is 1. The molecule has 4 rings (SSSR count). The van der Waals surface area contributed by atoms with Gasteiger partial charge in [-0.2, -0.15) is 8.78 Å². The summed E-state index contributed by atoms with van der Waals surface area (Å²) in [5.74, 6) is -5.74. The number of ether oxygens (including phenoxy) is 1. The van der Waals surface area contributed by atoms with Crippen LogP contribution in [0.4, 0.5) is 8.78 Å². The second kappa shape index (κ2) is 5.08. The summed E-state index contributed by atoms with van der Waals surface area (Å²) in [6.07, 6.45) is 5.25. The third-order valence-corrected chi connectivity index (χ3v) is 3.90. The number of halogens is 2. The molecule has 0 radical (unpaired) electrons. The second-order valence-electron chi connectivity index (χ2n) is 5.61. The summed E-state index contributed by atoms with van der Waals surface area (Å²) in [6, 6.07) is 3.59. The van der Waals surface area contributed by atoms with Crippen molar-refractivity contribution < 1.29 is 22.7 Å². The molecule has 3 aromatic heterocycles. The van der Waals surface area contributed by atoms with Crippen LogP contribution in [0, 0.1) is 0 Å². The normalized spacial score (nSPS) is 15.0. The van der Waals surface area contributed by atoms with Crippen molar-refractivity contribution in [3.8, 4) is 0 Å². The summed E-state index contributed by atoms with van der Waals surface area (Å²) in [4.78, 5) is 15.2. The summed E-state index contributed by atoms with van der Waals surface area (Å²) in [6.45, 7) is 0. The highest BCUT2D eigenvalue weighted by Crippen LogP contribution is 2.40. The summed E-state index contributed by atoms with van der Waals surface area (Å²) >= 11 is 0. The number of aromatic nitrogens is 4. The predicted octanol–water partition coefficient (Wildman–Crippen LogP) is 2.52. The lowest BCUT2D eigenvalue weighted by Crippen LogP contribution is -2.16. The van der Waals surface area contributed by atoms with Gasteiger partial charge in [-0.15, -0.1) is 10.2 Å². The summed E-state index contributed by atoms with van der Waals surface area (Å²) in [5, 5.41) is 6.51. The summed E-state index contributed by atoms with van der Waals surface area (Å²) in [5.41, 5.74) is 0.956. The van der Waals surface area contributed by atoms with E-state index in [1.54, 1.807) is 16.7 Å². The van der Waals surface area contributed by atoms with E-state index in [-0.39, 0.29) is 0 Å². The quantitative estimate of drug-likeness (QED) is 0.682. The van der Waals surface area contributed by atoms with Crippen LogP contribution in [0.15, 0.2) is 28.9 Å². The highest BCUT2D eigenvalue weighted by molar-refractivity contribution is 5.83. The lowest BCUT2D eigenvalue weighted by atomic mass is 10.2. The van der Waals surface area contributed by atoms with Crippen LogP contribution in [0.5, 0.6) is 0 Å². The minimum Gasteiger partial charge on any atom is -0.462 e. The van der Waals surface area contributed by atoms with Crippen LogP contribution in [0.1, 0.15) is 46.6 Å². The van der Waals surface area contributed by atoms with E-state index in [1.807, 2.05) is 6.07 Å². The molecular weight excluding hydrogens is 322 g/mol. The van der Waals surface area contributed by atoms with Crippen LogP contribution in [0.3, 0.4) is 0 Å². The first-order valence-corrected chi connectivity index (χ1v) is 7.28. The number of pyridine rings is 1. The SMILES string of the molecule is COC(=O)c1nnc(C(F)(F)c2cn3cc(C4CC4)ccc3n2)o1. The van der Waals surface area contributed by atoms with Crippen molar-refractivity contribution in [2.45, 2.75) is 24.7 Å². The van der Waals surface area contributed by atoms with Gasteiger partial charge in [0.1, 0.15) is 11.3 Å². The van der Waals surface area contributed by atoms with Crippen LogP contribution < -0.4 is 0 Å². The Labute approximate surface area is 134 Å². The van der Waals surface area contributed by atoms with Crippen molar-refractivity contribution >= 4 is 11.6 Å². The van der Waals surface area contributed by atoms with Gasteiger partial charge >= 0.3 is 17.8 Å². The fourth-order valence-corrected chi connectivity index (χ4v) is 2.45. The molecule has 7 nitrogen and oxygen atoms in total. The number of alkyl halides is 2. The van der Waals surface area contributed by atoms with Gasteiger partial charge < -0.3 is 13.6 Å². The smallest absolute Gasteiger partial charge is 0.396 e. The molecule has 9 heteroatoms. The second-order valence-corrected chi connectivity index (χ2v) is 5.61. The Morgan fingerprint density at radius 1 is 1.33 bits per heavy atom. The first-order chi connectivity index (χ1) is 11.5. The molecule has 0 bridgehead atoms. The van der Waals surface area contributed by atoms with Crippen LogP contribution in [-0.2, 0) is 10.7 Å². The van der Waals surface area contributed by atoms with Crippen LogP contribution in [0.2, 0.25) is 0 Å². The maximum atomic E-state index is 14.6. The van der Waals surface area contributed by atoms with E-state index >= 15 is 0 Å². The molecule has 0 spiro atoms. The number of imidazole rings is 1. The Balaban J connectivity index is 1.71. The Morgan fingerprint density at radius 3 is 2.83 bits per heavy atom. The molecule has 0 aliphatic heterocycles. The molecule has 0 atom stereocenters. The molecule has 1 saturated carbocycles. The zero-order valence-electron chi connectivity index (χ0n) is 12.6. The highest BCUT2D eigenvalue weighted by Gasteiger charge is 2.43. The van der Waals surface area contributed by atoms with E-state index in [1.165, 1.54) is 6.20 Å². The number of carbonyl (C=O) groups excluding carboxylic acids is 1. The van der Waals surface area contributed by atoms with Crippen LogP contribution >= 0.6 is 0 Å². The number of hydrogen-bond acceptors (Lipinski definition) is 6. The van der Waals surface area contributed by atoms with E-state index in [0.29, 0.717) is 11.6 Å². The monoisotopic (exact) mass is 334 g/mol. The summed E-state index contributed by atoms with van der Waals surface area (Å²) < 4.78 is 39.7. The highest BCUT2D eigenvalue weighted by atomic mass is 19.3. The van der Waals surface area contributed by atoms with Gasteiger partial charge in [-0.05, 0) is 30.4 Å². The van der Waals surface area contributed by atoms with Crippen molar-refractivity contribution in [1.82, 2.24) is 19.6 Å². The lowest BCUT2D eigenvalue weighted by Gasteiger charge is -2.07. The molecule has 1 aliphatic rings. The van der Waals surface area contributed by atoms with Gasteiger partial charge in [0.25, 0.3) is 5.89 Å². The summed E-state index contributed by atoms with van der Waals surface area (Å²) in [7, 11) is 1.09. The largest absolute Gasteiger partial charge is 0.462 e. The first-order valence-electron chi connectivity index (χ1n) is 7.28. The molecule has 3 heterocycles. The Hall–Kier alpha value is -2.84. The molecule has 124 valence electrons. The van der Waals surface area contributed by atoms with Gasteiger partial charge in [0, 0.05) is 12.4 Å². The van der Waals surface area contributed by atoms with Gasteiger partial charge in [-0.25, -0.2) is 9.78 Å². The Morgan fingerprint density at radius 2 is 2.12 bits per heavy atom. The van der Waals surface area contributed by atoms with Gasteiger partial charge in [-0.1, -0.05) is 6.07 Å². The van der Waals surface area contributed by atoms with Crippen molar-refractivity contribution in [2.75, 3.05) is 7.11 Å². The van der Waals surface area contributed by atoms with Crippen molar-refractivity contribution in [3.63, 3.8) is 0 Å². The Kier molecular flexibility index (Phi) is 3.12. The zero-order valence-corrected chi connectivity index (χ0v) is 12.6. The maximum Gasteiger partial charge on any atom is 0.396 e. The standard InChI is InChI=1S/C15H12F2N4O3/c1-23-13(22)12-19-20-14(24-12)15(16,17)10-7-21-6-9(8-2-3-8)4-5-11(21)18-10/h4-8H,2-3H2,1H3. The number of carbonyl (C=O) groups is 1. The predicted molar refractivity (Wildman–Crippen MR) is 75.8 cm³/mol. The number of hydrogen-bond donors (Lipinski definition) is 0. The molecule has 0 aromatic carbocycles. The topological polar surface area (TPSA) is 82.5 Å². The number of rotatable bonds is 4. The maximum absolute atomic E-state index is 14.6. The van der Waals surface area contributed by atoms with Gasteiger partial charge in [-0.3, -0.25) is 0 Å². The van der Waals surface area contributed by atoms with Crippen molar-refractivity contribution in [1.29, 1.82) is 0 Å². The average molecular weight is 334 g/mol. The number of esters is 1. The van der Waals surface area contributed by atoms with E-state index in [2.05, 4.69) is 19.9 Å². The van der Waals surface area contributed by atoms with Crippen molar-refractivity contribution in [2.24, 2.45) is 0 Å². The van der Waals surface area contributed by atoms with Crippen LogP contribution in [-0.4, -0.2) is 32.7 Å². The van der Waals surface area contributed by atoms with Gasteiger partial charge in [0.2, 0.25) is 0 Å². The molecule has 0 unspecified atom stereocenters. The van der Waals surface area contributed by atoms with E-state index < -0.39 is 29.4 Å². The molecule has 1 fully saturated rings. The third kappa shape index (κ3) is 2.32. The Bertz CT molecular complexity index is 930. The first kappa shape index (κ1) is 14.7. The lowest BCUT2D eigenvalue weighted by molar-refractivity contribution is 0.00726. The molecular formula is C15H12F2N4O3. The van der Waals surface area contributed by atoms with E-state index in [0.717, 1.165) is 25.5 Å². The average Bonchev–Trinajstić information content (AvgIpc) is 3.13. The molecule has 0 N–H and O–H groups in total. The molecule has 0 saturated heterocycles. The minimum absolute atomic E-state index is 0.391. The fraction of sp³-hybridized carbons (Fsp3) is 0.333. The van der Waals surface area contributed by atoms with Crippen molar-refractivity contribution in [3.05, 3.63) is 47.6 Å². The van der Waals surface area contributed by atoms with Gasteiger partial charge in [0.05, 0.1) is 7.11 Å². The minimum atomic E-state index is -3.62. The number of nitrogens with zero attached hydrogens (tertiary/aromatic N) is 4. The molecule has 0 amide bonds. The third-order valence-electron chi connectivity index (χ3n) is 3.90. The van der Waals surface area contributed by atoms with E-state index in [4.69, 9.17) is 4.42 Å². The zero-order chi connectivity index (χ0) is 16.9. The van der Waals surface area contributed by atoms with Crippen LogP contribution in [0.25, 0.3) is 5.65 Å². The molecule has 3 aromatic rings. The fourth-order valence-electron chi connectivity index (χ4n) is 2.45. The molecule has 1 aliphatic carbocycles. The molecule has 24 heavy (non-hydrogen) atoms. The van der Waals surface area contributed by atoms with E-state index in [9.17, 15) is 13.6 Å². The van der Waals surface area contributed by atoms with Gasteiger partial charge in [0.15, 0.2) is 0 Å².